The quantitative estimate of drug-likeness (QED) is 0.664. The molecule has 140 valence electrons. The van der Waals surface area contributed by atoms with Gasteiger partial charge in [0.05, 0.1) is 21.3 Å². The number of hydrogen-bond donors (Lipinski definition) is 2. The van der Waals surface area contributed by atoms with Crippen molar-refractivity contribution < 1.29 is 19.0 Å². The lowest BCUT2D eigenvalue weighted by molar-refractivity contribution is 0.102. The third-order valence-electron chi connectivity index (χ3n) is 3.62. The average molecular weight is 360 g/mol. The van der Waals surface area contributed by atoms with E-state index >= 15 is 0 Å². The van der Waals surface area contributed by atoms with Crippen LogP contribution in [0.5, 0.6) is 17.2 Å². The number of carbonyl (C=O) groups is 1. The van der Waals surface area contributed by atoms with E-state index in [1.807, 2.05) is 0 Å². The van der Waals surface area contributed by atoms with Gasteiger partial charge >= 0.3 is 0 Å². The van der Waals surface area contributed by atoms with E-state index in [0.29, 0.717) is 28.9 Å². The first-order chi connectivity index (χ1) is 12.6. The van der Waals surface area contributed by atoms with Gasteiger partial charge in [-0.15, -0.1) is 0 Å². The van der Waals surface area contributed by atoms with Crippen LogP contribution in [0.25, 0.3) is 0 Å². The maximum Gasteiger partial charge on any atom is 0.274 e. The number of methoxy groups -OCH3 is 3. The molecule has 0 fully saturated rings. The van der Waals surface area contributed by atoms with Gasteiger partial charge in [-0.25, -0.2) is 9.97 Å². The fourth-order valence-electron chi connectivity index (χ4n) is 2.30. The van der Waals surface area contributed by atoms with Crippen molar-refractivity contribution in [2.75, 3.05) is 38.5 Å². The molecule has 0 radical (unpaired) electrons. The molecule has 2 rings (SSSR count). The summed E-state index contributed by atoms with van der Waals surface area (Å²) in [7, 11) is 4.55. The fourth-order valence-corrected chi connectivity index (χ4v) is 2.30. The molecule has 0 spiro atoms. The van der Waals surface area contributed by atoms with Crippen molar-refractivity contribution in [2.45, 2.75) is 19.8 Å². The van der Waals surface area contributed by atoms with Crippen LogP contribution in [0.3, 0.4) is 0 Å². The van der Waals surface area contributed by atoms with Crippen LogP contribution in [-0.2, 0) is 0 Å². The van der Waals surface area contributed by atoms with Crippen molar-refractivity contribution in [1.29, 1.82) is 0 Å². The molecule has 8 heteroatoms. The van der Waals surface area contributed by atoms with Crippen molar-refractivity contribution in [2.24, 2.45) is 0 Å². The molecule has 2 aromatic rings. The van der Waals surface area contributed by atoms with Gasteiger partial charge in [0.1, 0.15) is 5.69 Å². The number of nitrogens with zero attached hydrogens (tertiary/aromatic N) is 2. The third kappa shape index (κ3) is 4.75. The highest BCUT2D eigenvalue weighted by atomic mass is 16.5. The number of benzene rings is 1. The molecule has 26 heavy (non-hydrogen) atoms. The van der Waals surface area contributed by atoms with Gasteiger partial charge in [-0.1, -0.05) is 13.3 Å². The lowest BCUT2D eigenvalue weighted by Crippen LogP contribution is -2.16. The molecule has 0 saturated carbocycles. The largest absolute Gasteiger partial charge is 0.493 e. The van der Waals surface area contributed by atoms with Crippen molar-refractivity contribution in [3.8, 4) is 17.2 Å². The Morgan fingerprint density at radius 3 is 2.38 bits per heavy atom. The lowest BCUT2D eigenvalue weighted by Gasteiger charge is -2.14. The molecule has 0 aliphatic heterocycles. The van der Waals surface area contributed by atoms with Crippen molar-refractivity contribution in [3.63, 3.8) is 0 Å². The number of anilines is 2. The topological polar surface area (TPSA) is 94.6 Å². The molecule has 1 heterocycles. The smallest absolute Gasteiger partial charge is 0.274 e. The molecule has 0 aliphatic rings. The van der Waals surface area contributed by atoms with E-state index in [-0.39, 0.29) is 11.6 Å². The SMILES string of the molecule is CCCCNc1nccc(C(=O)Nc2cc(OC)c(OC)c(OC)c2)n1. The van der Waals surface area contributed by atoms with E-state index < -0.39 is 0 Å². The van der Waals surface area contributed by atoms with Gasteiger partial charge in [0.2, 0.25) is 11.7 Å². The van der Waals surface area contributed by atoms with Gasteiger partial charge in [0.15, 0.2) is 11.5 Å². The molecule has 1 aromatic heterocycles. The number of aromatic nitrogens is 2. The molecule has 2 N–H and O–H groups in total. The lowest BCUT2D eigenvalue weighted by atomic mass is 10.2. The van der Waals surface area contributed by atoms with Crippen LogP contribution in [0.1, 0.15) is 30.3 Å². The first-order valence-corrected chi connectivity index (χ1v) is 8.31. The van der Waals surface area contributed by atoms with Crippen LogP contribution < -0.4 is 24.8 Å². The number of ether oxygens (including phenoxy) is 3. The molecule has 0 atom stereocenters. The first-order valence-electron chi connectivity index (χ1n) is 8.31. The summed E-state index contributed by atoms with van der Waals surface area (Å²) < 4.78 is 15.9. The van der Waals surface area contributed by atoms with Crippen LogP contribution in [0.2, 0.25) is 0 Å². The predicted octanol–water partition coefficient (Wildman–Crippen LogP) is 2.97. The minimum Gasteiger partial charge on any atom is -0.493 e. The van der Waals surface area contributed by atoms with Gasteiger partial charge in [-0.3, -0.25) is 4.79 Å². The monoisotopic (exact) mass is 360 g/mol. The summed E-state index contributed by atoms with van der Waals surface area (Å²) in [5.74, 6) is 1.42. The van der Waals surface area contributed by atoms with Gasteiger partial charge < -0.3 is 24.8 Å². The summed E-state index contributed by atoms with van der Waals surface area (Å²) in [6.07, 6.45) is 3.62. The Kier molecular flexibility index (Phi) is 7.02. The summed E-state index contributed by atoms with van der Waals surface area (Å²) in [4.78, 5) is 20.9. The average Bonchev–Trinajstić information content (AvgIpc) is 2.67. The molecule has 0 saturated heterocycles. The summed E-state index contributed by atoms with van der Waals surface area (Å²) in [6.45, 7) is 2.86. The number of nitrogens with one attached hydrogen (secondary N) is 2. The highest BCUT2D eigenvalue weighted by Gasteiger charge is 2.16. The van der Waals surface area contributed by atoms with Crippen LogP contribution in [0, 0.1) is 0 Å². The second kappa shape index (κ2) is 9.45. The number of hydrogen-bond acceptors (Lipinski definition) is 7. The second-order valence-electron chi connectivity index (χ2n) is 5.41. The van der Waals surface area contributed by atoms with Gasteiger partial charge in [0.25, 0.3) is 5.91 Å². The zero-order chi connectivity index (χ0) is 18.9. The van der Waals surface area contributed by atoms with E-state index in [1.54, 1.807) is 24.4 Å². The van der Waals surface area contributed by atoms with Crippen LogP contribution in [-0.4, -0.2) is 43.7 Å². The molecule has 0 unspecified atom stereocenters. The summed E-state index contributed by atoms with van der Waals surface area (Å²) >= 11 is 0. The Labute approximate surface area is 152 Å². The molecule has 1 aromatic carbocycles. The van der Waals surface area contributed by atoms with E-state index in [0.717, 1.165) is 19.4 Å². The Balaban J connectivity index is 2.18. The maximum absolute atomic E-state index is 12.5. The standard InChI is InChI=1S/C18H24N4O4/c1-5-6-8-19-18-20-9-7-13(22-18)17(23)21-12-10-14(24-2)16(26-4)15(11-12)25-3/h7,9-11H,5-6,8H2,1-4H3,(H,21,23)(H,19,20,22). The molecular weight excluding hydrogens is 336 g/mol. The number of amides is 1. The highest BCUT2D eigenvalue weighted by Crippen LogP contribution is 2.39. The Hall–Kier alpha value is -3.03. The van der Waals surface area contributed by atoms with Gasteiger partial charge in [-0.05, 0) is 12.5 Å². The van der Waals surface area contributed by atoms with E-state index in [2.05, 4.69) is 27.5 Å². The predicted molar refractivity (Wildman–Crippen MR) is 99.5 cm³/mol. The number of unbranched alkanes of at least 4 members (excludes halogenated alkanes) is 1. The normalized spacial score (nSPS) is 10.2. The van der Waals surface area contributed by atoms with E-state index in [9.17, 15) is 4.79 Å². The van der Waals surface area contributed by atoms with Crippen molar-refractivity contribution >= 4 is 17.5 Å². The Morgan fingerprint density at radius 1 is 1.12 bits per heavy atom. The number of rotatable bonds is 9. The molecule has 8 nitrogen and oxygen atoms in total. The molecule has 0 bridgehead atoms. The molecular formula is C18H24N4O4. The Morgan fingerprint density at radius 2 is 1.81 bits per heavy atom. The van der Waals surface area contributed by atoms with Crippen molar-refractivity contribution in [3.05, 3.63) is 30.1 Å². The minimum absolute atomic E-state index is 0.257. The zero-order valence-electron chi connectivity index (χ0n) is 15.5. The van der Waals surface area contributed by atoms with Crippen LogP contribution >= 0.6 is 0 Å². The summed E-state index contributed by atoms with van der Waals surface area (Å²) in [5.41, 5.74) is 0.761. The van der Waals surface area contributed by atoms with Gasteiger partial charge in [0, 0.05) is 30.6 Å². The molecule has 0 aliphatic carbocycles. The third-order valence-corrected chi connectivity index (χ3v) is 3.62. The van der Waals surface area contributed by atoms with E-state index in [4.69, 9.17) is 14.2 Å². The van der Waals surface area contributed by atoms with Gasteiger partial charge in [-0.2, -0.15) is 0 Å². The van der Waals surface area contributed by atoms with Crippen LogP contribution in [0.15, 0.2) is 24.4 Å². The summed E-state index contributed by atoms with van der Waals surface area (Å²) in [5, 5.41) is 5.88. The fraction of sp³-hybridized carbons (Fsp3) is 0.389. The minimum atomic E-state index is -0.361. The zero-order valence-corrected chi connectivity index (χ0v) is 15.5. The first kappa shape index (κ1) is 19.3. The summed E-state index contributed by atoms with van der Waals surface area (Å²) in [6, 6.07) is 4.86. The van der Waals surface area contributed by atoms with Crippen molar-refractivity contribution in [1.82, 2.24) is 9.97 Å². The number of carbonyl (C=O) groups excluding carboxylic acids is 1. The maximum atomic E-state index is 12.5. The van der Waals surface area contributed by atoms with Crippen LogP contribution in [0.4, 0.5) is 11.6 Å². The second-order valence-corrected chi connectivity index (χ2v) is 5.41. The highest BCUT2D eigenvalue weighted by molar-refractivity contribution is 6.03. The molecule has 1 amide bonds. The Bertz CT molecular complexity index is 727. The van der Waals surface area contributed by atoms with E-state index in [1.165, 1.54) is 21.3 Å².